The zero-order chi connectivity index (χ0) is 28.2. The molecule has 0 fully saturated rings. The lowest BCUT2D eigenvalue weighted by atomic mass is 9.98. The van der Waals surface area contributed by atoms with Gasteiger partial charge in [-0.05, 0) is 73.0 Å². The number of ether oxygens (including phenoxy) is 2. The normalized spacial score (nSPS) is 14.4. The summed E-state index contributed by atoms with van der Waals surface area (Å²) in [5, 5.41) is 0.691. The molecule has 206 valence electrons. The van der Waals surface area contributed by atoms with Crippen molar-refractivity contribution in [1.82, 2.24) is 0 Å². The van der Waals surface area contributed by atoms with E-state index in [1.165, 1.54) is 4.90 Å². The number of anilines is 1. The number of halogens is 1. The number of unbranched alkanes of at least 4 members (excludes halogenated alkanes) is 2. The fraction of sp³-hybridized carbons (Fsp3) is 0.281. The number of fused-ring (bicyclic) bond motifs is 2. The minimum absolute atomic E-state index is 0.0230. The van der Waals surface area contributed by atoms with Gasteiger partial charge in [0.2, 0.25) is 5.76 Å². The first kappa shape index (κ1) is 27.5. The van der Waals surface area contributed by atoms with Crippen molar-refractivity contribution in [2.45, 2.75) is 45.6 Å². The molecule has 0 spiro atoms. The summed E-state index contributed by atoms with van der Waals surface area (Å²) < 4.78 is 17.3. The summed E-state index contributed by atoms with van der Waals surface area (Å²) in [6, 6.07) is 18.0. The Morgan fingerprint density at radius 1 is 0.950 bits per heavy atom. The maximum atomic E-state index is 13.9. The molecule has 0 saturated carbocycles. The molecule has 4 aromatic rings. The monoisotopic (exact) mass is 559 g/mol. The second-order valence-corrected chi connectivity index (χ2v) is 10.1. The maximum Gasteiger partial charge on any atom is 0.338 e. The molecule has 1 unspecified atom stereocenters. The van der Waals surface area contributed by atoms with Crippen molar-refractivity contribution in [3.8, 4) is 5.75 Å². The van der Waals surface area contributed by atoms with Gasteiger partial charge in [0.1, 0.15) is 11.3 Å². The van der Waals surface area contributed by atoms with Gasteiger partial charge in [-0.1, -0.05) is 50.4 Å². The van der Waals surface area contributed by atoms with E-state index in [4.69, 9.17) is 25.5 Å². The molecule has 0 N–H and O–H groups in total. The Kier molecular flexibility index (Phi) is 8.21. The number of benzene rings is 3. The van der Waals surface area contributed by atoms with Gasteiger partial charge in [0, 0.05) is 10.7 Å². The van der Waals surface area contributed by atoms with Gasteiger partial charge in [-0.25, -0.2) is 4.79 Å². The van der Waals surface area contributed by atoms with E-state index >= 15 is 0 Å². The molecule has 8 heteroatoms. The maximum absolute atomic E-state index is 13.9. The topological polar surface area (TPSA) is 86.0 Å². The van der Waals surface area contributed by atoms with Gasteiger partial charge in [0.25, 0.3) is 5.91 Å². The number of carbonyl (C=O) groups excluding carboxylic acids is 2. The fourth-order valence-electron chi connectivity index (χ4n) is 4.79. The van der Waals surface area contributed by atoms with Crippen LogP contribution in [-0.2, 0) is 4.74 Å². The van der Waals surface area contributed by atoms with Gasteiger partial charge in [-0.2, -0.15) is 0 Å². The van der Waals surface area contributed by atoms with Gasteiger partial charge >= 0.3 is 5.97 Å². The largest absolute Gasteiger partial charge is 0.494 e. The number of amides is 1. The zero-order valence-electron chi connectivity index (χ0n) is 22.4. The molecule has 2 heterocycles. The van der Waals surface area contributed by atoms with Crippen LogP contribution < -0.4 is 15.1 Å². The lowest BCUT2D eigenvalue weighted by molar-refractivity contribution is 0.0499. The highest BCUT2D eigenvalue weighted by Gasteiger charge is 2.43. The highest BCUT2D eigenvalue weighted by molar-refractivity contribution is 6.31. The van der Waals surface area contributed by atoms with Crippen molar-refractivity contribution in [1.29, 1.82) is 0 Å². The average molecular weight is 560 g/mol. The van der Waals surface area contributed by atoms with E-state index in [9.17, 15) is 14.4 Å². The third-order valence-electron chi connectivity index (χ3n) is 6.88. The number of carbonyl (C=O) groups is 2. The van der Waals surface area contributed by atoms with Crippen molar-refractivity contribution < 1.29 is 23.5 Å². The first-order valence-corrected chi connectivity index (χ1v) is 13.9. The summed E-state index contributed by atoms with van der Waals surface area (Å²) in [6.07, 6.45) is 3.61. The molecule has 0 saturated heterocycles. The smallest absolute Gasteiger partial charge is 0.338 e. The van der Waals surface area contributed by atoms with E-state index in [0.29, 0.717) is 46.2 Å². The summed E-state index contributed by atoms with van der Waals surface area (Å²) in [4.78, 5) is 41.7. The van der Waals surface area contributed by atoms with Crippen LogP contribution in [-0.4, -0.2) is 25.1 Å². The summed E-state index contributed by atoms with van der Waals surface area (Å²) in [7, 11) is 0. The number of hydrogen-bond acceptors (Lipinski definition) is 6. The van der Waals surface area contributed by atoms with E-state index < -0.39 is 17.9 Å². The summed E-state index contributed by atoms with van der Waals surface area (Å²) in [6.45, 7) is 5.02. The minimum atomic E-state index is -0.779. The van der Waals surface area contributed by atoms with Crippen molar-refractivity contribution in [2.24, 2.45) is 0 Å². The predicted molar refractivity (Wildman–Crippen MR) is 155 cm³/mol. The highest BCUT2D eigenvalue weighted by Crippen LogP contribution is 2.42. The summed E-state index contributed by atoms with van der Waals surface area (Å²) in [5.74, 6) is -0.260. The molecule has 0 bridgehead atoms. The molecule has 1 aromatic heterocycles. The third kappa shape index (κ3) is 5.34. The van der Waals surface area contributed by atoms with Crippen LogP contribution in [0.1, 0.15) is 77.6 Å². The van der Waals surface area contributed by atoms with Crippen LogP contribution in [0.4, 0.5) is 5.69 Å². The Bertz CT molecular complexity index is 1610. The molecule has 3 aromatic carbocycles. The van der Waals surface area contributed by atoms with Gasteiger partial charge in [-0.3, -0.25) is 14.5 Å². The Balaban J connectivity index is 1.60. The van der Waals surface area contributed by atoms with Crippen LogP contribution in [0.15, 0.2) is 75.9 Å². The molecule has 40 heavy (non-hydrogen) atoms. The van der Waals surface area contributed by atoms with Crippen molar-refractivity contribution in [2.75, 3.05) is 18.1 Å². The van der Waals surface area contributed by atoms with Gasteiger partial charge < -0.3 is 13.9 Å². The Morgan fingerprint density at radius 3 is 2.45 bits per heavy atom. The molecule has 1 aliphatic rings. The molecule has 0 radical (unpaired) electrons. The quantitative estimate of drug-likeness (QED) is 0.149. The number of nitrogens with zero attached hydrogens (tertiary/aromatic N) is 1. The lowest BCUT2D eigenvalue weighted by Gasteiger charge is -2.25. The van der Waals surface area contributed by atoms with Gasteiger partial charge in [0.15, 0.2) is 5.43 Å². The molecule has 0 aliphatic carbocycles. The van der Waals surface area contributed by atoms with Crippen molar-refractivity contribution in [3.05, 3.63) is 104 Å². The molecule has 1 amide bonds. The second-order valence-electron chi connectivity index (χ2n) is 9.70. The predicted octanol–water partition coefficient (Wildman–Crippen LogP) is 7.33. The lowest BCUT2D eigenvalue weighted by Crippen LogP contribution is -2.29. The zero-order valence-corrected chi connectivity index (χ0v) is 23.2. The van der Waals surface area contributed by atoms with Crippen LogP contribution in [0.3, 0.4) is 0 Å². The SMILES string of the molecule is CCCCOC(=O)c1ccc(N2C(=O)c3oc4ccc(Cl)cc4c(=O)c3C2c2cccc(OCCCC)c2)cc1. The van der Waals surface area contributed by atoms with Crippen molar-refractivity contribution >= 4 is 40.1 Å². The van der Waals surface area contributed by atoms with E-state index in [-0.39, 0.29) is 22.3 Å². The van der Waals surface area contributed by atoms with Gasteiger partial charge in [0.05, 0.1) is 35.8 Å². The first-order valence-electron chi connectivity index (χ1n) is 13.5. The van der Waals surface area contributed by atoms with Crippen LogP contribution in [0, 0.1) is 0 Å². The van der Waals surface area contributed by atoms with Crippen LogP contribution >= 0.6 is 11.6 Å². The minimum Gasteiger partial charge on any atom is -0.494 e. The van der Waals surface area contributed by atoms with E-state index in [0.717, 1.165) is 25.7 Å². The van der Waals surface area contributed by atoms with Gasteiger partial charge in [-0.15, -0.1) is 0 Å². The average Bonchev–Trinajstić information content (AvgIpc) is 3.26. The molecule has 1 aliphatic heterocycles. The molecular formula is C32H30ClNO6. The van der Waals surface area contributed by atoms with Crippen LogP contribution in [0.25, 0.3) is 11.0 Å². The molecule has 7 nitrogen and oxygen atoms in total. The first-order chi connectivity index (χ1) is 19.4. The third-order valence-corrected chi connectivity index (χ3v) is 7.12. The van der Waals surface area contributed by atoms with E-state index in [1.54, 1.807) is 42.5 Å². The summed E-state index contributed by atoms with van der Waals surface area (Å²) in [5.41, 5.74) is 1.76. The van der Waals surface area contributed by atoms with Crippen LogP contribution in [0.5, 0.6) is 5.75 Å². The number of hydrogen-bond donors (Lipinski definition) is 0. The second kappa shape index (κ2) is 12.0. The molecular weight excluding hydrogens is 530 g/mol. The standard InChI is InChI=1S/C32H30ClNO6/c1-3-5-16-38-24-9-7-8-21(18-24)28-27-29(35)25-19-22(33)12-15-26(25)40-30(27)31(36)34(28)23-13-10-20(11-14-23)32(37)39-17-6-4-2/h7-15,18-19,28H,3-6,16-17H2,1-2H3. The number of rotatable bonds is 10. The molecule has 1 atom stereocenters. The van der Waals surface area contributed by atoms with E-state index in [2.05, 4.69) is 6.92 Å². The highest BCUT2D eigenvalue weighted by atomic mass is 35.5. The van der Waals surface area contributed by atoms with Crippen LogP contribution in [0.2, 0.25) is 5.02 Å². The Morgan fingerprint density at radius 2 is 1.70 bits per heavy atom. The molecule has 5 rings (SSSR count). The summed E-state index contributed by atoms with van der Waals surface area (Å²) >= 11 is 6.20. The number of esters is 1. The van der Waals surface area contributed by atoms with Crippen molar-refractivity contribution in [3.63, 3.8) is 0 Å². The van der Waals surface area contributed by atoms with E-state index in [1.807, 2.05) is 31.2 Å². The fourth-order valence-corrected chi connectivity index (χ4v) is 4.96. The Hall–Kier alpha value is -4.10. The Labute approximate surface area is 237 Å².